The van der Waals surface area contributed by atoms with E-state index in [1.165, 1.54) is 0 Å². The summed E-state index contributed by atoms with van der Waals surface area (Å²) < 4.78 is 5.65. The van der Waals surface area contributed by atoms with Gasteiger partial charge in [0.2, 0.25) is 0 Å². The SMILES string of the molecule is Cc1cc(O/C(C=N)=C(/N)C(C)C)cc(C)c1C#N. The summed E-state index contributed by atoms with van der Waals surface area (Å²) in [6.45, 7) is 7.60. The summed E-state index contributed by atoms with van der Waals surface area (Å²) in [6, 6.07) is 5.72. The summed E-state index contributed by atoms with van der Waals surface area (Å²) in [4.78, 5) is 0. The van der Waals surface area contributed by atoms with Gasteiger partial charge in [-0.1, -0.05) is 13.8 Å². The van der Waals surface area contributed by atoms with Crippen molar-refractivity contribution in [1.29, 1.82) is 10.7 Å². The fourth-order valence-electron chi connectivity index (χ4n) is 1.74. The van der Waals surface area contributed by atoms with Crippen molar-refractivity contribution in [2.45, 2.75) is 27.7 Å². The second kappa shape index (κ2) is 6.05. The molecule has 0 amide bonds. The first-order valence-corrected chi connectivity index (χ1v) is 6.10. The zero-order valence-corrected chi connectivity index (χ0v) is 11.7. The highest BCUT2D eigenvalue weighted by Crippen LogP contribution is 2.23. The highest BCUT2D eigenvalue weighted by atomic mass is 16.5. The lowest BCUT2D eigenvalue weighted by Gasteiger charge is -2.13. The van der Waals surface area contributed by atoms with Gasteiger partial charge in [0.1, 0.15) is 5.75 Å². The normalized spacial score (nSPS) is 11.8. The van der Waals surface area contributed by atoms with Crippen LogP contribution in [0.1, 0.15) is 30.5 Å². The van der Waals surface area contributed by atoms with E-state index in [4.69, 9.17) is 21.1 Å². The molecule has 100 valence electrons. The zero-order valence-electron chi connectivity index (χ0n) is 11.7. The van der Waals surface area contributed by atoms with Crippen LogP contribution < -0.4 is 10.5 Å². The summed E-state index contributed by atoms with van der Waals surface area (Å²) in [5.74, 6) is 1.05. The lowest BCUT2D eigenvalue weighted by molar-refractivity contribution is 0.440. The molecular weight excluding hydrogens is 238 g/mol. The van der Waals surface area contributed by atoms with Crippen molar-refractivity contribution in [1.82, 2.24) is 0 Å². The quantitative estimate of drug-likeness (QED) is 0.642. The highest BCUT2D eigenvalue weighted by molar-refractivity contribution is 5.75. The van der Waals surface area contributed by atoms with Gasteiger partial charge in [-0.15, -0.1) is 0 Å². The minimum Gasteiger partial charge on any atom is -0.454 e. The van der Waals surface area contributed by atoms with Crippen molar-refractivity contribution >= 4 is 6.21 Å². The van der Waals surface area contributed by atoms with E-state index in [0.29, 0.717) is 22.8 Å². The van der Waals surface area contributed by atoms with Crippen LogP contribution in [0, 0.1) is 36.5 Å². The van der Waals surface area contributed by atoms with Crippen LogP contribution >= 0.6 is 0 Å². The molecule has 1 aromatic carbocycles. The van der Waals surface area contributed by atoms with E-state index in [9.17, 15) is 0 Å². The zero-order chi connectivity index (χ0) is 14.6. The van der Waals surface area contributed by atoms with Crippen LogP contribution in [0.4, 0.5) is 0 Å². The van der Waals surface area contributed by atoms with Crippen molar-refractivity contribution in [3.8, 4) is 11.8 Å². The van der Waals surface area contributed by atoms with Gasteiger partial charge in [0.05, 0.1) is 23.5 Å². The molecule has 0 radical (unpaired) electrons. The van der Waals surface area contributed by atoms with E-state index in [0.717, 1.165) is 17.3 Å². The van der Waals surface area contributed by atoms with Crippen molar-refractivity contribution in [2.24, 2.45) is 11.7 Å². The Balaban J connectivity index is 3.17. The number of nitriles is 1. The Bertz CT molecular complexity index is 542. The Morgan fingerprint density at radius 3 is 2.26 bits per heavy atom. The summed E-state index contributed by atoms with van der Waals surface area (Å²) in [7, 11) is 0. The largest absolute Gasteiger partial charge is 0.454 e. The maximum atomic E-state index is 9.02. The fourth-order valence-corrected chi connectivity index (χ4v) is 1.74. The number of nitrogens with one attached hydrogen (secondary N) is 1. The average molecular weight is 257 g/mol. The molecule has 1 rings (SSSR count). The van der Waals surface area contributed by atoms with E-state index in [2.05, 4.69) is 6.07 Å². The van der Waals surface area contributed by atoms with Gasteiger partial charge in [-0.05, 0) is 43.0 Å². The first-order chi connectivity index (χ1) is 8.90. The maximum Gasteiger partial charge on any atom is 0.163 e. The molecule has 0 aliphatic rings. The number of aryl methyl sites for hydroxylation is 2. The molecule has 0 fully saturated rings. The molecule has 0 spiro atoms. The number of nitrogens with zero attached hydrogens (tertiary/aromatic N) is 1. The highest BCUT2D eigenvalue weighted by Gasteiger charge is 2.10. The number of rotatable bonds is 4. The van der Waals surface area contributed by atoms with Gasteiger partial charge < -0.3 is 15.9 Å². The molecule has 3 N–H and O–H groups in total. The Hall–Kier alpha value is -2.28. The summed E-state index contributed by atoms with van der Waals surface area (Å²) in [5, 5.41) is 16.4. The number of allylic oxidation sites excluding steroid dienone is 2. The van der Waals surface area contributed by atoms with Crippen LogP contribution in [0.2, 0.25) is 0 Å². The minimum absolute atomic E-state index is 0.108. The lowest BCUT2D eigenvalue weighted by atomic mass is 10.0. The van der Waals surface area contributed by atoms with Crippen LogP contribution in [0.3, 0.4) is 0 Å². The predicted molar refractivity (Wildman–Crippen MR) is 76.1 cm³/mol. The smallest absolute Gasteiger partial charge is 0.163 e. The third-order valence-electron chi connectivity index (χ3n) is 2.88. The van der Waals surface area contributed by atoms with E-state index in [1.807, 2.05) is 27.7 Å². The topological polar surface area (TPSA) is 82.9 Å². The fraction of sp³-hybridized carbons (Fsp3) is 0.333. The third kappa shape index (κ3) is 3.35. The monoisotopic (exact) mass is 257 g/mol. The molecule has 0 heterocycles. The van der Waals surface area contributed by atoms with Gasteiger partial charge in [0.15, 0.2) is 5.76 Å². The molecule has 0 atom stereocenters. The van der Waals surface area contributed by atoms with Gasteiger partial charge in [-0.2, -0.15) is 5.26 Å². The Morgan fingerprint density at radius 2 is 1.89 bits per heavy atom. The maximum absolute atomic E-state index is 9.02. The second-order valence-corrected chi connectivity index (χ2v) is 4.76. The van der Waals surface area contributed by atoms with Gasteiger partial charge in [-0.3, -0.25) is 0 Å². The van der Waals surface area contributed by atoms with Crippen molar-refractivity contribution in [2.75, 3.05) is 0 Å². The molecule has 0 bridgehead atoms. The molecule has 4 nitrogen and oxygen atoms in total. The van der Waals surface area contributed by atoms with Crippen LogP contribution in [0.15, 0.2) is 23.6 Å². The first-order valence-electron chi connectivity index (χ1n) is 6.10. The Kier molecular flexibility index (Phi) is 4.71. The summed E-state index contributed by atoms with van der Waals surface area (Å²) in [5.41, 5.74) is 8.80. The standard InChI is InChI=1S/C15H19N3O/c1-9(2)15(18)14(8-17)19-12-5-10(3)13(7-16)11(4)6-12/h5-6,8-9,17H,18H2,1-4H3/b15-14+,17-8?. The number of ether oxygens (including phenoxy) is 1. The van der Waals surface area contributed by atoms with Crippen molar-refractivity contribution < 1.29 is 4.74 Å². The van der Waals surface area contributed by atoms with E-state index in [-0.39, 0.29) is 5.92 Å². The van der Waals surface area contributed by atoms with Gasteiger partial charge >= 0.3 is 0 Å². The van der Waals surface area contributed by atoms with Crippen molar-refractivity contribution in [3.63, 3.8) is 0 Å². The van der Waals surface area contributed by atoms with E-state index >= 15 is 0 Å². The van der Waals surface area contributed by atoms with Gasteiger partial charge in [-0.25, -0.2) is 0 Å². The van der Waals surface area contributed by atoms with Crippen LogP contribution in [-0.2, 0) is 0 Å². The number of hydrogen-bond acceptors (Lipinski definition) is 4. The Morgan fingerprint density at radius 1 is 1.37 bits per heavy atom. The molecule has 0 aliphatic heterocycles. The van der Waals surface area contributed by atoms with Crippen LogP contribution in [0.5, 0.6) is 5.75 Å². The molecule has 0 saturated carbocycles. The average Bonchev–Trinajstić information content (AvgIpc) is 2.34. The second-order valence-electron chi connectivity index (χ2n) is 4.76. The third-order valence-corrected chi connectivity index (χ3v) is 2.88. The summed E-state index contributed by atoms with van der Waals surface area (Å²) in [6.07, 6.45) is 1.11. The van der Waals surface area contributed by atoms with Gasteiger partial charge in [0, 0.05) is 0 Å². The summed E-state index contributed by atoms with van der Waals surface area (Å²) >= 11 is 0. The molecule has 4 heteroatoms. The van der Waals surface area contributed by atoms with Crippen molar-refractivity contribution in [3.05, 3.63) is 40.3 Å². The molecule has 19 heavy (non-hydrogen) atoms. The molecule has 0 unspecified atom stereocenters. The first kappa shape index (κ1) is 14.8. The Labute approximate surface area is 114 Å². The molecule has 1 aromatic rings. The van der Waals surface area contributed by atoms with Gasteiger partial charge in [0.25, 0.3) is 0 Å². The van der Waals surface area contributed by atoms with Crippen LogP contribution in [0.25, 0.3) is 0 Å². The molecule has 0 aliphatic carbocycles. The minimum atomic E-state index is 0.108. The van der Waals surface area contributed by atoms with E-state index < -0.39 is 0 Å². The number of nitrogens with two attached hydrogens (primary N) is 1. The molecular formula is C15H19N3O. The predicted octanol–water partition coefficient (Wildman–Crippen LogP) is 3.03. The molecule has 0 aromatic heterocycles. The lowest BCUT2D eigenvalue weighted by Crippen LogP contribution is -2.13. The van der Waals surface area contributed by atoms with Crippen LogP contribution in [-0.4, -0.2) is 6.21 Å². The number of hydrogen-bond donors (Lipinski definition) is 2. The van der Waals surface area contributed by atoms with E-state index in [1.54, 1.807) is 12.1 Å². The molecule has 0 saturated heterocycles. The number of benzene rings is 1.